The van der Waals surface area contributed by atoms with Crippen LogP contribution in [-0.4, -0.2) is 32.8 Å². The minimum atomic E-state index is 0.0568. The number of aliphatic hydroxyl groups excluding tert-OH is 1. The third kappa shape index (κ3) is 3.96. The summed E-state index contributed by atoms with van der Waals surface area (Å²) in [6, 6.07) is 7.80. The SMILES string of the molecule is CC(C)Oc1ccccc1NCc1cn(CCO)nn1. The smallest absolute Gasteiger partial charge is 0.142 e. The van der Waals surface area contributed by atoms with E-state index in [1.807, 2.05) is 44.3 Å². The molecule has 108 valence electrons. The first-order valence-electron chi connectivity index (χ1n) is 6.68. The Labute approximate surface area is 118 Å². The van der Waals surface area contributed by atoms with Crippen LogP contribution in [0.3, 0.4) is 0 Å². The van der Waals surface area contributed by atoms with Gasteiger partial charge in [0, 0.05) is 0 Å². The molecule has 1 heterocycles. The van der Waals surface area contributed by atoms with Crippen LogP contribution < -0.4 is 10.1 Å². The molecule has 1 aromatic heterocycles. The lowest BCUT2D eigenvalue weighted by Gasteiger charge is -2.14. The summed E-state index contributed by atoms with van der Waals surface area (Å²) in [6.45, 7) is 5.07. The maximum atomic E-state index is 8.84. The van der Waals surface area contributed by atoms with E-state index < -0.39 is 0 Å². The molecular formula is C14H20N4O2. The monoisotopic (exact) mass is 276 g/mol. The Balaban J connectivity index is 1.99. The van der Waals surface area contributed by atoms with E-state index in [0.29, 0.717) is 13.1 Å². The summed E-state index contributed by atoms with van der Waals surface area (Å²) in [5.41, 5.74) is 1.75. The molecule has 0 aliphatic carbocycles. The molecule has 0 radical (unpaired) electrons. The van der Waals surface area contributed by atoms with E-state index in [1.54, 1.807) is 4.68 Å². The number of nitrogens with zero attached hydrogens (tertiary/aromatic N) is 3. The Kier molecular flexibility index (Phi) is 4.95. The number of anilines is 1. The van der Waals surface area contributed by atoms with E-state index in [-0.39, 0.29) is 12.7 Å². The van der Waals surface area contributed by atoms with Crippen molar-refractivity contribution in [1.82, 2.24) is 15.0 Å². The summed E-state index contributed by atoms with van der Waals surface area (Å²) in [7, 11) is 0. The molecule has 0 bridgehead atoms. The van der Waals surface area contributed by atoms with Crippen molar-refractivity contribution >= 4 is 5.69 Å². The lowest BCUT2D eigenvalue weighted by atomic mass is 10.3. The van der Waals surface area contributed by atoms with E-state index in [4.69, 9.17) is 9.84 Å². The summed E-state index contributed by atoms with van der Waals surface area (Å²) < 4.78 is 7.36. The Bertz CT molecular complexity index is 539. The standard InChI is InChI=1S/C14H20N4O2/c1-11(2)20-14-6-4-3-5-13(14)15-9-12-10-18(7-8-19)17-16-12/h3-6,10-11,15,19H,7-9H2,1-2H3. The highest BCUT2D eigenvalue weighted by Crippen LogP contribution is 2.25. The molecule has 0 aliphatic heterocycles. The van der Waals surface area contributed by atoms with Crippen LogP contribution in [-0.2, 0) is 13.1 Å². The molecule has 0 spiro atoms. The first kappa shape index (κ1) is 14.3. The van der Waals surface area contributed by atoms with E-state index >= 15 is 0 Å². The molecule has 0 saturated carbocycles. The highest BCUT2D eigenvalue weighted by molar-refractivity contribution is 5.56. The Morgan fingerprint density at radius 2 is 2.15 bits per heavy atom. The van der Waals surface area contributed by atoms with Gasteiger partial charge in [-0.3, -0.25) is 0 Å². The van der Waals surface area contributed by atoms with Crippen LogP contribution in [0.1, 0.15) is 19.5 Å². The van der Waals surface area contributed by atoms with Crippen molar-refractivity contribution in [3.05, 3.63) is 36.2 Å². The quantitative estimate of drug-likeness (QED) is 0.805. The molecule has 2 rings (SSSR count). The minimum absolute atomic E-state index is 0.0568. The van der Waals surface area contributed by atoms with Gasteiger partial charge in [0.2, 0.25) is 0 Å². The lowest BCUT2D eigenvalue weighted by molar-refractivity contribution is 0.243. The maximum absolute atomic E-state index is 8.84. The molecule has 20 heavy (non-hydrogen) atoms. The maximum Gasteiger partial charge on any atom is 0.142 e. The number of ether oxygens (including phenoxy) is 1. The number of hydrogen-bond donors (Lipinski definition) is 2. The predicted molar refractivity (Wildman–Crippen MR) is 76.6 cm³/mol. The van der Waals surface area contributed by atoms with Crippen molar-refractivity contribution in [3.8, 4) is 5.75 Å². The summed E-state index contributed by atoms with van der Waals surface area (Å²) in [5.74, 6) is 0.824. The molecule has 0 amide bonds. The van der Waals surface area contributed by atoms with Crippen LogP contribution >= 0.6 is 0 Å². The molecule has 6 nitrogen and oxygen atoms in total. The third-order valence-electron chi connectivity index (χ3n) is 2.62. The molecule has 0 aliphatic rings. The minimum Gasteiger partial charge on any atom is -0.489 e. The van der Waals surface area contributed by atoms with Gasteiger partial charge in [0.05, 0.1) is 37.7 Å². The normalized spacial score (nSPS) is 10.8. The zero-order valence-corrected chi connectivity index (χ0v) is 11.8. The van der Waals surface area contributed by atoms with E-state index in [0.717, 1.165) is 17.1 Å². The number of rotatable bonds is 7. The van der Waals surface area contributed by atoms with Crippen LogP contribution in [0.5, 0.6) is 5.75 Å². The molecule has 6 heteroatoms. The molecule has 0 atom stereocenters. The van der Waals surface area contributed by atoms with E-state index in [2.05, 4.69) is 15.6 Å². The van der Waals surface area contributed by atoms with Gasteiger partial charge in [-0.25, -0.2) is 4.68 Å². The average molecular weight is 276 g/mol. The number of nitrogens with one attached hydrogen (secondary N) is 1. The topological polar surface area (TPSA) is 72.2 Å². The van der Waals surface area contributed by atoms with E-state index in [1.165, 1.54) is 0 Å². The van der Waals surface area contributed by atoms with Crippen LogP contribution in [0.4, 0.5) is 5.69 Å². The molecule has 0 saturated heterocycles. The third-order valence-corrected chi connectivity index (χ3v) is 2.62. The van der Waals surface area contributed by atoms with Crippen molar-refractivity contribution in [2.24, 2.45) is 0 Å². The summed E-state index contributed by atoms with van der Waals surface area (Å²) in [4.78, 5) is 0. The van der Waals surface area contributed by atoms with Crippen molar-refractivity contribution in [2.45, 2.75) is 33.0 Å². The average Bonchev–Trinajstić information content (AvgIpc) is 2.85. The number of aliphatic hydroxyl groups is 1. The second-order valence-electron chi connectivity index (χ2n) is 4.71. The van der Waals surface area contributed by atoms with Gasteiger partial charge in [0.25, 0.3) is 0 Å². The van der Waals surface area contributed by atoms with Crippen molar-refractivity contribution in [3.63, 3.8) is 0 Å². The zero-order chi connectivity index (χ0) is 14.4. The molecule has 2 N–H and O–H groups in total. The zero-order valence-electron chi connectivity index (χ0n) is 11.8. The predicted octanol–water partition coefficient (Wildman–Crippen LogP) is 1.67. The van der Waals surface area contributed by atoms with Crippen molar-refractivity contribution in [1.29, 1.82) is 0 Å². The van der Waals surface area contributed by atoms with Gasteiger partial charge in [-0.2, -0.15) is 0 Å². The van der Waals surface area contributed by atoms with Gasteiger partial charge >= 0.3 is 0 Å². The van der Waals surface area contributed by atoms with E-state index in [9.17, 15) is 0 Å². The van der Waals surface area contributed by atoms with Crippen LogP contribution in [0.15, 0.2) is 30.5 Å². The fourth-order valence-corrected chi connectivity index (χ4v) is 1.79. The Morgan fingerprint density at radius 1 is 1.35 bits per heavy atom. The lowest BCUT2D eigenvalue weighted by Crippen LogP contribution is -2.08. The molecule has 2 aromatic rings. The number of benzene rings is 1. The summed E-state index contributed by atoms with van der Waals surface area (Å²) >= 11 is 0. The molecular weight excluding hydrogens is 256 g/mol. The largest absolute Gasteiger partial charge is 0.489 e. The van der Waals surface area contributed by atoms with Gasteiger partial charge in [0.15, 0.2) is 0 Å². The van der Waals surface area contributed by atoms with Gasteiger partial charge in [-0.15, -0.1) is 5.10 Å². The first-order chi connectivity index (χ1) is 9.69. The van der Waals surface area contributed by atoms with Crippen LogP contribution in [0.2, 0.25) is 0 Å². The second kappa shape index (κ2) is 6.91. The van der Waals surface area contributed by atoms with Crippen molar-refractivity contribution < 1.29 is 9.84 Å². The van der Waals surface area contributed by atoms with Crippen molar-refractivity contribution in [2.75, 3.05) is 11.9 Å². The van der Waals surface area contributed by atoms with Gasteiger partial charge in [0.1, 0.15) is 11.4 Å². The fourth-order valence-electron chi connectivity index (χ4n) is 1.79. The summed E-state index contributed by atoms with van der Waals surface area (Å²) in [5, 5.41) is 20.1. The molecule has 1 aromatic carbocycles. The number of para-hydroxylation sites is 2. The van der Waals surface area contributed by atoms with Crippen LogP contribution in [0.25, 0.3) is 0 Å². The van der Waals surface area contributed by atoms with Crippen LogP contribution in [0, 0.1) is 0 Å². The highest BCUT2D eigenvalue weighted by atomic mass is 16.5. The molecule has 0 fully saturated rings. The number of hydrogen-bond acceptors (Lipinski definition) is 5. The van der Waals surface area contributed by atoms with Gasteiger partial charge < -0.3 is 15.2 Å². The Morgan fingerprint density at radius 3 is 2.90 bits per heavy atom. The Hall–Kier alpha value is -2.08. The van der Waals surface area contributed by atoms with Gasteiger partial charge in [-0.1, -0.05) is 17.3 Å². The molecule has 0 unspecified atom stereocenters. The summed E-state index contributed by atoms with van der Waals surface area (Å²) in [6.07, 6.45) is 1.94. The fraction of sp³-hybridized carbons (Fsp3) is 0.429. The number of aromatic nitrogens is 3. The second-order valence-corrected chi connectivity index (χ2v) is 4.71. The highest BCUT2D eigenvalue weighted by Gasteiger charge is 2.06. The van der Waals surface area contributed by atoms with Gasteiger partial charge in [-0.05, 0) is 26.0 Å². The first-order valence-corrected chi connectivity index (χ1v) is 6.68.